The van der Waals surface area contributed by atoms with Crippen LogP contribution >= 0.6 is 0 Å². The van der Waals surface area contributed by atoms with Crippen LogP contribution < -0.4 is 5.32 Å². The van der Waals surface area contributed by atoms with Crippen LogP contribution in [0.1, 0.15) is 58.8 Å². The molecule has 0 saturated carbocycles. The quantitative estimate of drug-likeness (QED) is 0.824. The Hall–Kier alpha value is -0.830. The summed E-state index contributed by atoms with van der Waals surface area (Å²) >= 11 is 0. The van der Waals surface area contributed by atoms with E-state index in [0.717, 1.165) is 18.7 Å². The molecule has 0 aliphatic carbocycles. The molecule has 0 spiro atoms. The van der Waals surface area contributed by atoms with E-state index in [9.17, 15) is 0 Å². The minimum atomic E-state index is 0.370. The Bertz CT molecular complexity index is 401. The summed E-state index contributed by atoms with van der Waals surface area (Å²) in [5.74, 6) is 0.700. The first-order chi connectivity index (χ1) is 9.24. The van der Waals surface area contributed by atoms with Crippen LogP contribution in [0.15, 0.2) is 6.07 Å². The monoisotopic (exact) mass is 279 g/mol. The molecule has 0 aromatic carbocycles. The third-order valence-corrected chi connectivity index (χ3v) is 4.35. The number of nitrogens with one attached hydrogen (secondary N) is 1. The number of hydrogen-bond acceptors (Lipinski definition) is 2. The van der Waals surface area contributed by atoms with Crippen LogP contribution in [0.25, 0.3) is 0 Å². The summed E-state index contributed by atoms with van der Waals surface area (Å²) < 4.78 is 2.03. The van der Waals surface area contributed by atoms with Crippen molar-refractivity contribution in [3.05, 3.63) is 17.5 Å². The molecule has 3 heteroatoms. The molecule has 1 aromatic heterocycles. The summed E-state index contributed by atoms with van der Waals surface area (Å²) in [7, 11) is 2.05. The molecule has 0 radical (unpaired) electrons. The molecule has 1 N–H and O–H groups in total. The molecule has 1 rings (SSSR count). The standard InChI is InChI=1S/C17H33N3/c1-8-9-18-15(10-13(2)17(4,5)6)12-16-11-14(3)19-20(16)7/h11,13,15,18H,8-10,12H2,1-7H3. The first kappa shape index (κ1) is 17.2. The molecular weight excluding hydrogens is 246 g/mol. The zero-order valence-corrected chi connectivity index (χ0v) is 14.5. The van der Waals surface area contributed by atoms with Crippen molar-refractivity contribution < 1.29 is 0 Å². The van der Waals surface area contributed by atoms with Crippen LogP contribution in [0.5, 0.6) is 0 Å². The Morgan fingerprint density at radius 2 is 2.00 bits per heavy atom. The van der Waals surface area contributed by atoms with Crippen LogP contribution in [0.2, 0.25) is 0 Å². The lowest BCUT2D eigenvalue weighted by atomic mass is 9.78. The molecule has 0 amide bonds. The van der Waals surface area contributed by atoms with Crippen LogP contribution in [-0.4, -0.2) is 22.4 Å². The van der Waals surface area contributed by atoms with Crippen molar-refractivity contribution >= 4 is 0 Å². The summed E-state index contributed by atoms with van der Waals surface area (Å²) in [6, 6.07) is 2.75. The molecule has 0 bridgehead atoms. The van der Waals surface area contributed by atoms with Gasteiger partial charge < -0.3 is 5.32 Å². The van der Waals surface area contributed by atoms with E-state index in [-0.39, 0.29) is 0 Å². The average Bonchev–Trinajstić information content (AvgIpc) is 2.63. The van der Waals surface area contributed by atoms with Crippen molar-refractivity contribution in [2.75, 3.05) is 6.54 Å². The molecule has 0 fully saturated rings. The second kappa shape index (κ2) is 7.26. The Morgan fingerprint density at radius 1 is 1.35 bits per heavy atom. The van der Waals surface area contributed by atoms with Crippen molar-refractivity contribution in [1.82, 2.24) is 15.1 Å². The van der Waals surface area contributed by atoms with Gasteiger partial charge in [0.1, 0.15) is 0 Å². The predicted octanol–water partition coefficient (Wildman–Crippen LogP) is 3.71. The van der Waals surface area contributed by atoms with Gasteiger partial charge in [0.05, 0.1) is 5.69 Å². The first-order valence-electron chi connectivity index (χ1n) is 7.97. The van der Waals surface area contributed by atoms with Gasteiger partial charge in [0.25, 0.3) is 0 Å². The van der Waals surface area contributed by atoms with Crippen LogP contribution in [0.3, 0.4) is 0 Å². The van der Waals surface area contributed by atoms with Crippen molar-refractivity contribution in [3.63, 3.8) is 0 Å². The SMILES string of the molecule is CCCNC(Cc1cc(C)nn1C)CC(C)C(C)(C)C. The fourth-order valence-corrected chi connectivity index (χ4v) is 2.48. The molecule has 0 saturated heterocycles. The highest BCUT2D eigenvalue weighted by molar-refractivity contribution is 5.10. The fraction of sp³-hybridized carbons (Fsp3) is 0.824. The second-order valence-electron chi connectivity index (χ2n) is 7.26. The van der Waals surface area contributed by atoms with Gasteiger partial charge in [-0.15, -0.1) is 0 Å². The van der Waals surface area contributed by atoms with Crippen LogP contribution in [0.4, 0.5) is 0 Å². The second-order valence-corrected chi connectivity index (χ2v) is 7.26. The van der Waals surface area contributed by atoms with Gasteiger partial charge in [0, 0.05) is 25.2 Å². The molecule has 2 atom stereocenters. The minimum absolute atomic E-state index is 0.370. The van der Waals surface area contributed by atoms with E-state index in [1.54, 1.807) is 0 Å². The zero-order valence-electron chi connectivity index (χ0n) is 14.5. The number of aromatic nitrogens is 2. The zero-order chi connectivity index (χ0) is 15.3. The Morgan fingerprint density at radius 3 is 2.45 bits per heavy atom. The molecule has 1 heterocycles. The first-order valence-corrected chi connectivity index (χ1v) is 7.97. The average molecular weight is 279 g/mol. The van der Waals surface area contributed by atoms with E-state index in [2.05, 4.69) is 58.0 Å². The van der Waals surface area contributed by atoms with E-state index < -0.39 is 0 Å². The highest BCUT2D eigenvalue weighted by Crippen LogP contribution is 2.29. The normalized spacial score (nSPS) is 15.3. The van der Waals surface area contributed by atoms with Gasteiger partial charge >= 0.3 is 0 Å². The maximum absolute atomic E-state index is 4.46. The maximum atomic E-state index is 4.46. The molecule has 0 aliphatic heterocycles. The van der Waals surface area contributed by atoms with Gasteiger partial charge in [-0.2, -0.15) is 5.10 Å². The summed E-state index contributed by atoms with van der Waals surface area (Å²) in [4.78, 5) is 0. The van der Waals surface area contributed by atoms with E-state index in [4.69, 9.17) is 0 Å². The summed E-state index contributed by atoms with van der Waals surface area (Å²) in [5.41, 5.74) is 2.81. The Balaban J connectivity index is 2.71. The Labute approximate surface area is 125 Å². The lowest BCUT2D eigenvalue weighted by molar-refractivity contribution is 0.221. The van der Waals surface area contributed by atoms with Crippen LogP contribution in [0, 0.1) is 18.3 Å². The largest absolute Gasteiger partial charge is 0.314 e. The van der Waals surface area contributed by atoms with Crippen molar-refractivity contribution in [2.24, 2.45) is 18.4 Å². The Kier molecular flexibility index (Phi) is 6.25. The summed E-state index contributed by atoms with van der Waals surface area (Å²) in [6.45, 7) is 14.8. The third-order valence-electron chi connectivity index (χ3n) is 4.35. The lowest BCUT2D eigenvalue weighted by Crippen LogP contribution is -2.36. The molecule has 2 unspecified atom stereocenters. The van der Waals surface area contributed by atoms with Gasteiger partial charge in [-0.1, -0.05) is 34.6 Å². The van der Waals surface area contributed by atoms with Gasteiger partial charge in [0.15, 0.2) is 0 Å². The maximum Gasteiger partial charge on any atom is 0.0596 e. The number of rotatable bonds is 7. The molecule has 20 heavy (non-hydrogen) atoms. The number of nitrogens with zero attached hydrogens (tertiary/aromatic N) is 2. The highest BCUT2D eigenvalue weighted by Gasteiger charge is 2.24. The van der Waals surface area contributed by atoms with Crippen molar-refractivity contribution in [1.29, 1.82) is 0 Å². The van der Waals surface area contributed by atoms with E-state index in [1.807, 2.05) is 11.7 Å². The van der Waals surface area contributed by atoms with Crippen LogP contribution in [-0.2, 0) is 13.5 Å². The van der Waals surface area contributed by atoms with Gasteiger partial charge in [-0.25, -0.2) is 0 Å². The highest BCUT2D eigenvalue weighted by atomic mass is 15.3. The molecule has 0 aliphatic rings. The number of hydrogen-bond donors (Lipinski definition) is 1. The van der Waals surface area contributed by atoms with Gasteiger partial charge in [-0.3, -0.25) is 4.68 Å². The van der Waals surface area contributed by atoms with E-state index in [0.29, 0.717) is 17.4 Å². The van der Waals surface area contributed by atoms with E-state index in [1.165, 1.54) is 18.5 Å². The topological polar surface area (TPSA) is 29.9 Å². The smallest absolute Gasteiger partial charge is 0.0596 e. The van der Waals surface area contributed by atoms with Gasteiger partial charge in [0.2, 0.25) is 0 Å². The minimum Gasteiger partial charge on any atom is -0.314 e. The van der Waals surface area contributed by atoms with Crippen molar-refractivity contribution in [2.45, 2.75) is 66.8 Å². The molecule has 3 nitrogen and oxygen atoms in total. The molecular formula is C17H33N3. The van der Waals surface area contributed by atoms with E-state index >= 15 is 0 Å². The van der Waals surface area contributed by atoms with Crippen molar-refractivity contribution in [3.8, 4) is 0 Å². The predicted molar refractivity (Wildman–Crippen MR) is 87.0 cm³/mol. The fourth-order valence-electron chi connectivity index (χ4n) is 2.48. The summed E-state index contributed by atoms with van der Waals surface area (Å²) in [6.07, 6.45) is 3.47. The van der Waals surface area contributed by atoms with Gasteiger partial charge in [-0.05, 0) is 43.7 Å². The number of aryl methyl sites for hydroxylation is 2. The molecule has 116 valence electrons. The summed E-state index contributed by atoms with van der Waals surface area (Å²) in [5, 5.41) is 8.18. The molecule has 1 aromatic rings. The third kappa shape index (κ3) is 5.28. The lowest BCUT2D eigenvalue weighted by Gasteiger charge is -2.31.